The lowest BCUT2D eigenvalue weighted by atomic mass is 10.2. The summed E-state index contributed by atoms with van der Waals surface area (Å²) in [5.74, 6) is -0.244. The summed E-state index contributed by atoms with van der Waals surface area (Å²) in [6.07, 6.45) is 3.17. The van der Waals surface area contributed by atoms with Crippen LogP contribution in [0, 0.1) is 0 Å². The van der Waals surface area contributed by atoms with E-state index in [1.54, 1.807) is 13.3 Å². The smallest absolute Gasteiger partial charge is 0.255 e. The Labute approximate surface area is 95.2 Å². The van der Waals surface area contributed by atoms with E-state index < -0.39 is 0 Å². The Hall–Kier alpha value is -2.16. The zero-order valence-electron chi connectivity index (χ0n) is 9.23. The van der Waals surface area contributed by atoms with E-state index in [4.69, 9.17) is 0 Å². The second kappa shape index (κ2) is 5.66. The third kappa shape index (κ3) is 3.20. The summed E-state index contributed by atoms with van der Waals surface area (Å²) in [7, 11) is 1.71. The third-order valence-electron chi connectivity index (χ3n) is 1.98. The molecule has 1 rings (SSSR count). The number of hydrogen-bond acceptors (Lipinski definition) is 2. The molecular weight excluding hydrogens is 200 g/mol. The lowest BCUT2D eigenvalue weighted by Gasteiger charge is -2.04. The molecule has 0 atom stereocenters. The Bertz CT molecular complexity index is 430. The second-order valence-corrected chi connectivity index (χ2v) is 3.19. The molecule has 0 aliphatic heterocycles. The van der Waals surface area contributed by atoms with E-state index in [-0.39, 0.29) is 5.91 Å². The number of carbonyl (C=O) groups excluding carboxylic acids is 1. The van der Waals surface area contributed by atoms with Gasteiger partial charge in [0.15, 0.2) is 0 Å². The fourth-order valence-corrected chi connectivity index (χ4v) is 1.11. The van der Waals surface area contributed by atoms with E-state index in [1.807, 2.05) is 24.3 Å². The van der Waals surface area contributed by atoms with Gasteiger partial charge in [-0.3, -0.25) is 9.79 Å². The number of amides is 1. The van der Waals surface area contributed by atoms with Crippen LogP contribution in [-0.4, -0.2) is 19.2 Å². The van der Waals surface area contributed by atoms with Crippen LogP contribution in [0.5, 0.6) is 0 Å². The monoisotopic (exact) mass is 214 g/mol. The Morgan fingerprint density at radius 3 is 2.50 bits per heavy atom. The fraction of sp³-hybridized carbons (Fsp3) is 0.0769. The molecule has 0 heterocycles. The van der Waals surface area contributed by atoms with Gasteiger partial charge in [-0.1, -0.05) is 31.4 Å². The van der Waals surface area contributed by atoms with Crippen LogP contribution in [-0.2, 0) is 4.79 Å². The van der Waals surface area contributed by atoms with Crippen LogP contribution in [0.25, 0.3) is 0 Å². The van der Waals surface area contributed by atoms with Crippen molar-refractivity contribution in [2.24, 2.45) is 4.99 Å². The van der Waals surface area contributed by atoms with E-state index in [1.165, 1.54) is 6.08 Å². The lowest BCUT2D eigenvalue weighted by molar-refractivity contribution is -0.112. The second-order valence-electron chi connectivity index (χ2n) is 3.19. The topological polar surface area (TPSA) is 41.5 Å². The lowest BCUT2D eigenvalue weighted by Crippen LogP contribution is -2.12. The van der Waals surface area contributed by atoms with Gasteiger partial charge in [-0.05, 0) is 17.7 Å². The van der Waals surface area contributed by atoms with Gasteiger partial charge >= 0.3 is 0 Å². The maximum atomic E-state index is 11.4. The van der Waals surface area contributed by atoms with Crippen molar-refractivity contribution < 1.29 is 4.79 Å². The molecule has 0 aliphatic carbocycles. The number of benzene rings is 1. The maximum Gasteiger partial charge on any atom is 0.255 e. The van der Waals surface area contributed by atoms with Crippen molar-refractivity contribution in [3.63, 3.8) is 0 Å². The normalized spacial score (nSPS) is 10.1. The predicted octanol–water partition coefficient (Wildman–Crippen LogP) is 2.42. The number of nitrogens with one attached hydrogen (secondary N) is 1. The zero-order valence-corrected chi connectivity index (χ0v) is 9.23. The van der Waals surface area contributed by atoms with E-state index >= 15 is 0 Å². The van der Waals surface area contributed by atoms with Crippen molar-refractivity contribution >= 4 is 17.8 Å². The minimum Gasteiger partial charge on any atom is -0.322 e. The molecule has 0 saturated carbocycles. The quantitative estimate of drug-likeness (QED) is 0.467. The summed E-state index contributed by atoms with van der Waals surface area (Å²) >= 11 is 0. The number of aliphatic imine (C=N–C) groups is 1. The molecule has 0 unspecified atom stereocenters. The first-order valence-electron chi connectivity index (χ1n) is 4.82. The average molecular weight is 214 g/mol. The number of carbonyl (C=O) groups is 1. The van der Waals surface area contributed by atoms with E-state index in [0.717, 1.165) is 11.3 Å². The fourth-order valence-electron chi connectivity index (χ4n) is 1.11. The van der Waals surface area contributed by atoms with Gasteiger partial charge in [0.2, 0.25) is 0 Å². The van der Waals surface area contributed by atoms with Gasteiger partial charge in [0.05, 0.1) is 0 Å². The maximum absolute atomic E-state index is 11.4. The highest BCUT2D eigenvalue weighted by atomic mass is 16.1. The van der Waals surface area contributed by atoms with E-state index in [2.05, 4.69) is 23.5 Å². The molecule has 82 valence electrons. The summed E-state index contributed by atoms with van der Waals surface area (Å²) < 4.78 is 0. The number of rotatable bonds is 4. The van der Waals surface area contributed by atoms with Crippen LogP contribution in [0.2, 0.25) is 0 Å². The standard InChI is InChI=1S/C13H14N2O/c1-4-10(2)13(16)15-12-7-5-11(6-8-12)9-14-3/h4-9H,1-2H2,3H3,(H,15,16). The van der Waals surface area contributed by atoms with E-state index in [0.29, 0.717) is 5.57 Å². The highest BCUT2D eigenvalue weighted by Gasteiger charge is 2.02. The molecule has 3 nitrogen and oxygen atoms in total. The molecular formula is C13H14N2O. The molecule has 1 amide bonds. The number of anilines is 1. The Kier molecular flexibility index (Phi) is 4.21. The zero-order chi connectivity index (χ0) is 12.0. The number of nitrogens with zero attached hydrogens (tertiary/aromatic N) is 1. The van der Waals surface area contributed by atoms with Gasteiger partial charge in [0, 0.05) is 24.5 Å². The van der Waals surface area contributed by atoms with Crippen LogP contribution >= 0.6 is 0 Å². The molecule has 1 N–H and O–H groups in total. The Balaban J connectivity index is 2.72. The molecule has 0 radical (unpaired) electrons. The Morgan fingerprint density at radius 2 is 2.00 bits per heavy atom. The predicted molar refractivity (Wildman–Crippen MR) is 67.9 cm³/mol. The van der Waals surface area contributed by atoms with Gasteiger partial charge in [-0.15, -0.1) is 0 Å². The van der Waals surface area contributed by atoms with Crippen LogP contribution < -0.4 is 5.32 Å². The van der Waals surface area contributed by atoms with Crippen molar-refractivity contribution in [1.29, 1.82) is 0 Å². The summed E-state index contributed by atoms with van der Waals surface area (Å²) in [6.45, 7) is 7.05. The largest absolute Gasteiger partial charge is 0.322 e. The summed E-state index contributed by atoms with van der Waals surface area (Å²) in [4.78, 5) is 15.3. The third-order valence-corrected chi connectivity index (χ3v) is 1.98. The van der Waals surface area contributed by atoms with Gasteiger partial charge in [-0.2, -0.15) is 0 Å². The molecule has 0 bridgehead atoms. The first-order valence-corrected chi connectivity index (χ1v) is 4.82. The highest BCUT2D eigenvalue weighted by molar-refractivity contribution is 6.05. The van der Waals surface area contributed by atoms with Crippen LogP contribution in [0.1, 0.15) is 5.56 Å². The minimum absolute atomic E-state index is 0.244. The average Bonchev–Trinajstić information content (AvgIpc) is 2.31. The molecule has 1 aromatic rings. The summed E-state index contributed by atoms with van der Waals surface area (Å²) in [5, 5.41) is 2.71. The molecule has 1 aromatic carbocycles. The SMILES string of the molecule is C=CC(=C)C(=O)Nc1ccc(C=NC)cc1. The van der Waals surface area contributed by atoms with E-state index in [9.17, 15) is 4.79 Å². The van der Waals surface area contributed by atoms with Gasteiger partial charge in [0.1, 0.15) is 0 Å². The van der Waals surface area contributed by atoms with Crippen molar-refractivity contribution in [2.75, 3.05) is 12.4 Å². The molecule has 0 aliphatic rings. The van der Waals surface area contributed by atoms with Crippen molar-refractivity contribution in [3.8, 4) is 0 Å². The molecule has 16 heavy (non-hydrogen) atoms. The molecule has 3 heteroatoms. The van der Waals surface area contributed by atoms with Gasteiger partial charge in [0.25, 0.3) is 5.91 Å². The first-order chi connectivity index (χ1) is 7.67. The molecule has 0 fully saturated rings. The Morgan fingerprint density at radius 1 is 1.38 bits per heavy atom. The summed E-state index contributed by atoms with van der Waals surface area (Å²) in [5.41, 5.74) is 2.06. The van der Waals surface area contributed by atoms with Crippen LogP contribution in [0.4, 0.5) is 5.69 Å². The first kappa shape index (κ1) is 11.9. The van der Waals surface area contributed by atoms with Gasteiger partial charge < -0.3 is 5.32 Å². The van der Waals surface area contributed by atoms with Crippen molar-refractivity contribution in [3.05, 3.63) is 54.6 Å². The van der Waals surface area contributed by atoms with Crippen molar-refractivity contribution in [2.45, 2.75) is 0 Å². The highest BCUT2D eigenvalue weighted by Crippen LogP contribution is 2.09. The molecule has 0 saturated heterocycles. The summed E-state index contributed by atoms with van der Waals surface area (Å²) in [6, 6.07) is 7.37. The molecule has 0 aromatic heterocycles. The minimum atomic E-state index is -0.244. The van der Waals surface area contributed by atoms with Gasteiger partial charge in [-0.25, -0.2) is 0 Å². The van der Waals surface area contributed by atoms with Crippen molar-refractivity contribution in [1.82, 2.24) is 0 Å². The van der Waals surface area contributed by atoms with Crippen LogP contribution in [0.3, 0.4) is 0 Å². The number of hydrogen-bond donors (Lipinski definition) is 1. The molecule has 0 spiro atoms. The van der Waals surface area contributed by atoms with Crippen LogP contribution in [0.15, 0.2) is 54.1 Å².